The Kier molecular flexibility index (Phi) is 10.1. The van der Waals surface area contributed by atoms with Gasteiger partial charge in [0.15, 0.2) is 0 Å². The van der Waals surface area contributed by atoms with E-state index >= 15 is 0 Å². The summed E-state index contributed by atoms with van der Waals surface area (Å²) in [4.78, 5) is 34.6. The maximum absolute atomic E-state index is 12.1. The number of aliphatic carboxylic acids is 1. The van der Waals surface area contributed by atoms with Gasteiger partial charge < -0.3 is 20.6 Å². The zero-order chi connectivity index (χ0) is 19.5. The van der Waals surface area contributed by atoms with E-state index in [0.717, 1.165) is 19.3 Å². The molecule has 4 atom stereocenters. The number of nitrogens with one attached hydrogen (secondary N) is 1. The van der Waals surface area contributed by atoms with Crippen LogP contribution in [0.1, 0.15) is 64.7 Å². The van der Waals surface area contributed by atoms with E-state index in [9.17, 15) is 24.6 Å². The number of Topliss-reactive ketones (excluding diaryl/α,β-unsaturated/α-hetero) is 1. The highest BCUT2D eigenvalue weighted by Gasteiger charge is 2.42. The number of ketones is 1. The lowest BCUT2D eigenvalue weighted by atomic mass is 9.97. The molecule has 1 aliphatic carbocycles. The number of carboxylic acids is 1. The van der Waals surface area contributed by atoms with Crippen molar-refractivity contribution in [2.45, 2.75) is 83.0 Å². The molecule has 4 N–H and O–H groups in total. The monoisotopic (exact) mass is 369 g/mol. The molecular weight excluding hydrogens is 338 g/mol. The zero-order valence-electron chi connectivity index (χ0n) is 15.4. The first-order valence-electron chi connectivity index (χ1n) is 9.42. The minimum absolute atomic E-state index is 0.00556. The lowest BCUT2D eigenvalue weighted by Crippen LogP contribution is -2.48. The Morgan fingerprint density at radius 1 is 1.27 bits per heavy atom. The van der Waals surface area contributed by atoms with Gasteiger partial charge in [-0.1, -0.05) is 38.3 Å². The van der Waals surface area contributed by atoms with Crippen molar-refractivity contribution in [2.75, 3.05) is 0 Å². The van der Waals surface area contributed by atoms with Crippen LogP contribution in [0.4, 0.5) is 0 Å². The molecule has 1 amide bonds. The Morgan fingerprint density at radius 2 is 2.00 bits per heavy atom. The van der Waals surface area contributed by atoms with E-state index in [4.69, 9.17) is 5.11 Å². The van der Waals surface area contributed by atoms with Crippen molar-refractivity contribution in [3.8, 4) is 0 Å². The van der Waals surface area contributed by atoms with Crippen LogP contribution in [0.25, 0.3) is 0 Å². The van der Waals surface area contributed by atoms with Crippen molar-refractivity contribution in [1.29, 1.82) is 0 Å². The number of rotatable bonds is 12. The van der Waals surface area contributed by atoms with Crippen LogP contribution < -0.4 is 5.32 Å². The third-order valence-corrected chi connectivity index (χ3v) is 4.68. The normalized spacial score (nSPS) is 24.1. The second-order valence-corrected chi connectivity index (χ2v) is 6.88. The quantitative estimate of drug-likeness (QED) is 0.306. The summed E-state index contributed by atoms with van der Waals surface area (Å²) >= 11 is 0. The largest absolute Gasteiger partial charge is 0.481 e. The number of carboxylic acid groups (broad SMARTS) is 1. The number of aliphatic hydroxyl groups excluding tert-OH is 2. The van der Waals surface area contributed by atoms with Crippen molar-refractivity contribution in [3.05, 3.63) is 12.2 Å². The fourth-order valence-corrected chi connectivity index (χ4v) is 3.14. The summed E-state index contributed by atoms with van der Waals surface area (Å²) in [6.45, 7) is 2.03. The van der Waals surface area contributed by atoms with Crippen LogP contribution in [0.2, 0.25) is 0 Å². The van der Waals surface area contributed by atoms with Crippen molar-refractivity contribution in [1.82, 2.24) is 5.32 Å². The van der Waals surface area contributed by atoms with Gasteiger partial charge in [-0.2, -0.15) is 0 Å². The summed E-state index contributed by atoms with van der Waals surface area (Å²) < 4.78 is 0. The third-order valence-electron chi connectivity index (χ3n) is 4.68. The minimum Gasteiger partial charge on any atom is -0.481 e. The van der Waals surface area contributed by atoms with Gasteiger partial charge in [0.2, 0.25) is 5.91 Å². The molecule has 1 saturated carbocycles. The molecule has 0 aromatic heterocycles. The van der Waals surface area contributed by atoms with Gasteiger partial charge in [-0.15, -0.1) is 0 Å². The molecule has 26 heavy (non-hydrogen) atoms. The maximum atomic E-state index is 12.1. The summed E-state index contributed by atoms with van der Waals surface area (Å²) in [5.41, 5.74) is 0. The molecule has 1 aliphatic rings. The van der Waals surface area contributed by atoms with Crippen LogP contribution in [0, 0.1) is 5.92 Å². The number of allylic oxidation sites excluding steroid dienone is 2. The Hall–Kier alpha value is -1.73. The molecule has 0 aliphatic heterocycles. The standard InChI is InChI=1S/C19H31NO6/c1-2-3-6-10-14(21)19(26)20-18-13(15(22)12-16(18)23)9-7-4-5-8-11-17(24)25/h4,7,13-14,16,18,21,23H,2-3,5-6,8-12H2,1H3,(H,20,26)(H,24,25)/b7-4-/t13-,14-,16+,18+/m0/s1. The lowest BCUT2D eigenvalue weighted by molar-refractivity contribution is -0.137. The lowest BCUT2D eigenvalue weighted by Gasteiger charge is -2.23. The predicted octanol–water partition coefficient (Wildman–Crippen LogP) is 1.56. The third kappa shape index (κ3) is 7.66. The average molecular weight is 369 g/mol. The van der Waals surface area contributed by atoms with Gasteiger partial charge in [0.25, 0.3) is 0 Å². The number of aliphatic hydroxyl groups is 2. The molecule has 0 saturated heterocycles. The van der Waals surface area contributed by atoms with Gasteiger partial charge in [0.05, 0.1) is 12.1 Å². The van der Waals surface area contributed by atoms with Crippen LogP contribution in [0.3, 0.4) is 0 Å². The van der Waals surface area contributed by atoms with E-state index in [1.165, 1.54) is 0 Å². The summed E-state index contributed by atoms with van der Waals surface area (Å²) in [6, 6.07) is -0.695. The molecule has 7 heteroatoms. The first-order valence-corrected chi connectivity index (χ1v) is 9.42. The Labute approximate surface area is 154 Å². The molecular formula is C19H31NO6. The van der Waals surface area contributed by atoms with Crippen molar-refractivity contribution in [2.24, 2.45) is 5.92 Å². The fourth-order valence-electron chi connectivity index (χ4n) is 3.14. The van der Waals surface area contributed by atoms with Gasteiger partial charge in [-0.25, -0.2) is 0 Å². The minimum atomic E-state index is -1.13. The topological polar surface area (TPSA) is 124 Å². The highest BCUT2D eigenvalue weighted by atomic mass is 16.4. The average Bonchev–Trinajstić information content (AvgIpc) is 2.84. The molecule has 1 rings (SSSR count). The van der Waals surface area contributed by atoms with Crippen LogP contribution in [0.15, 0.2) is 12.2 Å². The number of carbonyl (C=O) groups excluding carboxylic acids is 2. The van der Waals surface area contributed by atoms with Gasteiger partial charge >= 0.3 is 5.97 Å². The molecule has 0 unspecified atom stereocenters. The molecule has 1 fully saturated rings. The Balaban J connectivity index is 2.50. The highest BCUT2D eigenvalue weighted by molar-refractivity contribution is 5.87. The van der Waals surface area contributed by atoms with E-state index in [1.807, 2.05) is 13.0 Å². The number of hydrogen-bond donors (Lipinski definition) is 4. The number of amides is 1. The molecule has 7 nitrogen and oxygen atoms in total. The van der Waals surface area contributed by atoms with Crippen LogP contribution in [-0.2, 0) is 14.4 Å². The highest BCUT2D eigenvalue weighted by Crippen LogP contribution is 2.26. The molecule has 148 valence electrons. The number of carbonyl (C=O) groups is 3. The fraction of sp³-hybridized carbons (Fsp3) is 0.737. The molecule has 0 heterocycles. The van der Waals surface area contributed by atoms with E-state index in [2.05, 4.69) is 5.32 Å². The van der Waals surface area contributed by atoms with Crippen molar-refractivity contribution in [3.63, 3.8) is 0 Å². The van der Waals surface area contributed by atoms with Crippen LogP contribution in [0.5, 0.6) is 0 Å². The first-order chi connectivity index (χ1) is 12.4. The molecule has 0 aromatic carbocycles. The predicted molar refractivity (Wildman–Crippen MR) is 96.4 cm³/mol. The second-order valence-electron chi connectivity index (χ2n) is 6.88. The SMILES string of the molecule is CCCCC[C@H](O)C(=O)N[C@H]1[C@H](O)CC(=O)[C@@H]1C/C=C\CCCC(=O)O. The molecule has 0 spiro atoms. The van der Waals surface area contributed by atoms with E-state index in [-0.39, 0.29) is 18.6 Å². The Morgan fingerprint density at radius 3 is 2.65 bits per heavy atom. The van der Waals surface area contributed by atoms with Gasteiger partial charge in [0.1, 0.15) is 11.9 Å². The van der Waals surface area contributed by atoms with E-state index < -0.39 is 36.0 Å². The molecule has 0 aromatic rings. The Bertz CT molecular complexity index is 504. The first kappa shape index (κ1) is 22.3. The van der Waals surface area contributed by atoms with Crippen LogP contribution >= 0.6 is 0 Å². The number of unbranched alkanes of at least 4 members (excludes halogenated alkanes) is 3. The van der Waals surface area contributed by atoms with Gasteiger partial charge in [0, 0.05) is 18.8 Å². The zero-order valence-corrected chi connectivity index (χ0v) is 15.4. The second kappa shape index (κ2) is 11.8. The summed E-state index contributed by atoms with van der Waals surface area (Å²) in [5.74, 6) is -2.02. The summed E-state index contributed by atoms with van der Waals surface area (Å²) in [5, 5.41) is 31.2. The van der Waals surface area contributed by atoms with Gasteiger partial charge in [-0.3, -0.25) is 14.4 Å². The molecule has 0 radical (unpaired) electrons. The number of hydrogen-bond acceptors (Lipinski definition) is 5. The van der Waals surface area contributed by atoms with E-state index in [0.29, 0.717) is 25.7 Å². The summed E-state index contributed by atoms with van der Waals surface area (Å²) in [7, 11) is 0. The van der Waals surface area contributed by atoms with Crippen molar-refractivity contribution >= 4 is 17.7 Å². The van der Waals surface area contributed by atoms with Crippen LogP contribution in [-0.4, -0.2) is 51.2 Å². The maximum Gasteiger partial charge on any atom is 0.303 e. The smallest absolute Gasteiger partial charge is 0.303 e. The van der Waals surface area contributed by atoms with E-state index in [1.54, 1.807) is 6.08 Å². The summed E-state index contributed by atoms with van der Waals surface area (Å²) in [6.07, 6.45) is 6.17. The van der Waals surface area contributed by atoms with Crippen molar-refractivity contribution < 1.29 is 29.7 Å². The van der Waals surface area contributed by atoms with Gasteiger partial charge in [-0.05, 0) is 25.7 Å². The molecule has 0 bridgehead atoms.